The summed E-state index contributed by atoms with van der Waals surface area (Å²) in [7, 11) is -2.99. The van der Waals surface area contributed by atoms with Gasteiger partial charge < -0.3 is 5.32 Å². The van der Waals surface area contributed by atoms with E-state index in [1.54, 1.807) is 4.68 Å². The van der Waals surface area contributed by atoms with Crippen LogP contribution in [0.5, 0.6) is 0 Å². The highest BCUT2D eigenvalue weighted by Crippen LogP contribution is 2.51. The molecule has 1 saturated heterocycles. The first kappa shape index (κ1) is 15.7. The molecule has 0 spiro atoms. The molecule has 4 aliphatic rings. The summed E-state index contributed by atoms with van der Waals surface area (Å²) in [6, 6.07) is 1.83. The number of hydrogen-bond acceptors (Lipinski definition) is 4. The smallest absolute Gasteiger partial charge is 0.320 e. The van der Waals surface area contributed by atoms with Crippen molar-refractivity contribution in [1.29, 1.82) is 0 Å². The lowest BCUT2D eigenvalue weighted by Gasteiger charge is -2.17. The van der Waals surface area contributed by atoms with Crippen molar-refractivity contribution >= 4 is 21.7 Å². The third kappa shape index (κ3) is 3.16. The Balaban J connectivity index is 1.31. The quantitative estimate of drug-likeness (QED) is 0.855. The Kier molecular flexibility index (Phi) is 3.42. The number of sulfone groups is 1. The van der Waals surface area contributed by atoms with Crippen molar-refractivity contribution in [2.45, 2.75) is 56.5 Å². The average molecular weight is 364 g/mol. The zero-order chi connectivity index (χ0) is 17.2. The van der Waals surface area contributed by atoms with Gasteiger partial charge in [-0.15, -0.1) is 0 Å². The monoisotopic (exact) mass is 364 g/mol. The first-order chi connectivity index (χ1) is 12.0. The van der Waals surface area contributed by atoms with Crippen LogP contribution >= 0.6 is 0 Å². The minimum absolute atomic E-state index is 0.112. The van der Waals surface area contributed by atoms with Crippen LogP contribution < -0.4 is 10.6 Å². The number of nitrogens with zero attached hydrogens (tertiary/aromatic N) is 2. The SMILES string of the molecule is O=C(Nc1cc(C2CC2)nn1C1CCS(=O)(=O)C1)NC1CC2CC2C1. The lowest BCUT2D eigenvalue weighted by molar-refractivity contribution is 0.247. The molecule has 3 unspecified atom stereocenters. The van der Waals surface area contributed by atoms with Gasteiger partial charge in [0.15, 0.2) is 9.84 Å². The minimum Gasteiger partial charge on any atom is -0.335 e. The van der Waals surface area contributed by atoms with Crippen molar-refractivity contribution in [2.75, 3.05) is 16.8 Å². The number of aromatic nitrogens is 2. The molecular weight excluding hydrogens is 340 g/mol. The number of amides is 2. The number of fused-ring (bicyclic) bond motifs is 1. The van der Waals surface area contributed by atoms with Gasteiger partial charge in [0.25, 0.3) is 0 Å². The molecule has 4 fully saturated rings. The summed E-state index contributed by atoms with van der Waals surface area (Å²) in [4.78, 5) is 12.4. The largest absolute Gasteiger partial charge is 0.335 e. The van der Waals surface area contributed by atoms with Crippen molar-refractivity contribution in [3.63, 3.8) is 0 Å². The molecule has 0 bridgehead atoms. The van der Waals surface area contributed by atoms with Crippen molar-refractivity contribution in [1.82, 2.24) is 15.1 Å². The highest BCUT2D eigenvalue weighted by atomic mass is 32.2. The molecule has 3 aliphatic carbocycles. The molecule has 7 nitrogen and oxygen atoms in total. The predicted molar refractivity (Wildman–Crippen MR) is 93.3 cm³/mol. The first-order valence-electron chi connectivity index (χ1n) is 9.34. The van der Waals surface area contributed by atoms with Gasteiger partial charge in [-0.1, -0.05) is 0 Å². The number of rotatable bonds is 4. The Bertz CT molecular complexity index is 804. The topological polar surface area (TPSA) is 93.1 Å². The van der Waals surface area contributed by atoms with Crippen molar-refractivity contribution < 1.29 is 13.2 Å². The van der Waals surface area contributed by atoms with Crippen LogP contribution in [-0.2, 0) is 9.84 Å². The fourth-order valence-electron chi connectivity index (χ4n) is 4.50. The van der Waals surface area contributed by atoms with E-state index in [-0.39, 0.29) is 29.6 Å². The third-order valence-electron chi connectivity index (χ3n) is 6.12. The van der Waals surface area contributed by atoms with Crippen LogP contribution in [0.4, 0.5) is 10.6 Å². The normalized spacial score (nSPS) is 35.4. The molecule has 1 aromatic rings. The molecule has 2 N–H and O–H groups in total. The summed E-state index contributed by atoms with van der Waals surface area (Å²) >= 11 is 0. The predicted octanol–water partition coefficient (Wildman–Crippen LogP) is 2.04. The molecule has 1 aromatic heterocycles. The number of hydrogen-bond donors (Lipinski definition) is 2. The molecule has 2 heterocycles. The summed E-state index contributed by atoms with van der Waals surface area (Å²) < 4.78 is 25.4. The van der Waals surface area contributed by atoms with Crippen LogP contribution in [-0.4, -0.2) is 41.8 Å². The van der Waals surface area contributed by atoms with E-state index >= 15 is 0 Å². The Hall–Kier alpha value is -1.57. The van der Waals surface area contributed by atoms with E-state index in [1.165, 1.54) is 6.42 Å². The standard InChI is InChI=1S/C17H24N4O3S/c22-17(18-13-6-11-5-12(11)7-13)19-16-8-15(10-1-2-10)20-21(16)14-3-4-25(23,24)9-14/h8,10-14H,1-7,9H2,(H2,18,19,22). The number of anilines is 1. The summed E-state index contributed by atoms with van der Waals surface area (Å²) in [6.45, 7) is 0. The summed E-state index contributed by atoms with van der Waals surface area (Å²) in [5, 5.41) is 10.6. The second-order valence-electron chi connectivity index (χ2n) is 8.25. The molecule has 2 amide bonds. The van der Waals surface area contributed by atoms with Crippen molar-refractivity contribution in [3.05, 3.63) is 11.8 Å². The molecule has 1 aliphatic heterocycles. The van der Waals surface area contributed by atoms with E-state index in [4.69, 9.17) is 0 Å². The van der Waals surface area contributed by atoms with Crippen LogP contribution in [0.3, 0.4) is 0 Å². The number of carbonyl (C=O) groups excluding carboxylic acids is 1. The zero-order valence-electron chi connectivity index (χ0n) is 14.1. The van der Waals surface area contributed by atoms with E-state index < -0.39 is 9.84 Å². The number of nitrogens with one attached hydrogen (secondary N) is 2. The summed E-state index contributed by atoms with van der Waals surface area (Å²) in [6.07, 6.45) is 6.31. The molecule has 136 valence electrons. The van der Waals surface area contributed by atoms with E-state index in [0.29, 0.717) is 18.2 Å². The van der Waals surface area contributed by atoms with Gasteiger partial charge in [-0.25, -0.2) is 17.9 Å². The van der Waals surface area contributed by atoms with Gasteiger partial charge in [0.05, 0.1) is 23.2 Å². The molecule has 25 heavy (non-hydrogen) atoms. The van der Waals surface area contributed by atoms with Crippen molar-refractivity contribution in [3.8, 4) is 0 Å². The number of urea groups is 1. The van der Waals surface area contributed by atoms with E-state index in [0.717, 1.165) is 43.2 Å². The molecule has 0 radical (unpaired) electrons. The average Bonchev–Trinajstić information content (AvgIpc) is 3.41. The molecule has 5 rings (SSSR count). The van der Waals surface area contributed by atoms with Crippen LogP contribution in [0.25, 0.3) is 0 Å². The Morgan fingerprint density at radius 2 is 1.92 bits per heavy atom. The second kappa shape index (κ2) is 5.46. The van der Waals surface area contributed by atoms with Gasteiger partial charge >= 0.3 is 6.03 Å². The third-order valence-corrected chi connectivity index (χ3v) is 7.88. The highest BCUT2D eigenvalue weighted by Gasteiger charge is 2.46. The molecule has 8 heteroatoms. The Morgan fingerprint density at radius 1 is 1.16 bits per heavy atom. The fraction of sp³-hybridized carbons (Fsp3) is 0.765. The molecule has 0 aromatic carbocycles. The van der Waals surface area contributed by atoms with Crippen molar-refractivity contribution in [2.24, 2.45) is 11.8 Å². The van der Waals surface area contributed by atoms with E-state index in [1.807, 2.05) is 6.07 Å². The van der Waals surface area contributed by atoms with Crippen LogP contribution in [0.2, 0.25) is 0 Å². The van der Waals surface area contributed by atoms with E-state index in [9.17, 15) is 13.2 Å². The maximum Gasteiger partial charge on any atom is 0.320 e. The Morgan fingerprint density at radius 3 is 2.56 bits per heavy atom. The lowest BCUT2D eigenvalue weighted by atomic mass is 10.2. The first-order valence-corrected chi connectivity index (χ1v) is 11.2. The van der Waals surface area contributed by atoms with Crippen LogP contribution in [0.1, 0.15) is 56.2 Å². The minimum atomic E-state index is -2.99. The zero-order valence-corrected chi connectivity index (χ0v) is 15.0. The molecule has 3 saturated carbocycles. The van der Waals surface area contributed by atoms with Gasteiger partial charge in [0, 0.05) is 18.0 Å². The van der Waals surface area contributed by atoms with E-state index in [2.05, 4.69) is 15.7 Å². The number of carbonyl (C=O) groups is 1. The van der Waals surface area contributed by atoms with Gasteiger partial charge in [-0.2, -0.15) is 5.10 Å². The van der Waals surface area contributed by atoms with Crippen LogP contribution in [0, 0.1) is 11.8 Å². The summed E-state index contributed by atoms with van der Waals surface area (Å²) in [5.41, 5.74) is 0.974. The molecule has 3 atom stereocenters. The molecular formula is C17H24N4O3S. The maximum absolute atomic E-state index is 12.4. The maximum atomic E-state index is 12.4. The lowest BCUT2D eigenvalue weighted by Crippen LogP contribution is -2.37. The highest BCUT2D eigenvalue weighted by molar-refractivity contribution is 7.91. The Labute approximate surface area is 147 Å². The van der Waals surface area contributed by atoms with Gasteiger partial charge in [0.2, 0.25) is 0 Å². The van der Waals surface area contributed by atoms with Gasteiger partial charge in [-0.05, 0) is 50.4 Å². The fourth-order valence-corrected chi connectivity index (χ4v) is 6.19. The second-order valence-corrected chi connectivity index (χ2v) is 10.5. The van der Waals surface area contributed by atoms with Gasteiger partial charge in [0.1, 0.15) is 5.82 Å². The van der Waals surface area contributed by atoms with Crippen LogP contribution in [0.15, 0.2) is 6.07 Å². The van der Waals surface area contributed by atoms with Gasteiger partial charge in [-0.3, -0.25) is 5.32 Å². The summed E-state index contributed by atoms with van der Waals surface area (Å²) in [5.74, 6) is 3.05.